The fraction of sp³-hybridized carbons (Fsp3) is 0.538. The first-order valence-electron chi connectivity index (χ1n) is 6.58. The Bertz CT molecular complexity index is 711. The number of aryl methyl sites for hydroxylation is 1. The summed E-state index contributed by atoms with van der Waals surface area (Å²) < 4.78 is 32.1. The molecule has 6 nitrogen and oxygen atoms in total. The third-order valence-corrected chi connectivity index (χ3v) is 5.68. The van der Waals surface area contributed by atoms with Crippen LogP contribution in [-0.4, -0.2) is 25.1 Å². The van der Waals surface area contributed by atoms with Crippen molar-refractivity contribution in [1.82, 2.24) is 14.9 Å². The number of hydrogen-bond donors (Lipinski definition) is 1. The van der Waals surface area contributed by atoms with Crippen LogP contribution in [0.4, 0.5) is 0 Å². The van der Waals surface area contributed by atoms with E-state index in [1.165, 1.54) is 11.3 Å². The Morgan fingerprint density at radius 1 is 1.33 bits per heavy atom. The predicted octanol–water partition coefficient (Wildman–Crippen LogP) is 2.26. The molecule has 1 N–H and O–H groups in total. The van der Waals surface area contributed by atoms with Crippen LogP contribution in [0.1, 0.15) is 37.4 Å². The summed E-state index contributed by atoms with van der Waals surface area (Å²) >= 11 is 1.25. The molecule has 0 bridgehead atoms. The van der Waals surface area contributed by atoms with Gasteiger partial charge < -0.3 is 4.52 Å². The molecule has 0 aliphatic carbocycles. The molecule has 2 aromatic heterocycles. The van der Waals surface area contributed by atoms with Crippen LogP contribution in [0.15, 0.2) is 20.9 Å². The van der Waals surface area contributed by atoms with E-state index in [1.54, 1.807) is 12.1 Å². The van der Waals surface area contributed by atoms with E-state index in [4.69, 9.17) is 4.52 Å². The van der Waals surface area contributed by atoms with Crippen LogP contribution in [0.2, 0.25) is 0 Å². The smallest absolute Gasteiger partial charge is 0.250 e. The fourth-order valence-corrected chi connectivity index (χ4v) is 3.94. The van der Waals surface area contributed by atoms with Crippen molar-refractivity contribution in [3.05, 3.63) is 28.7 Å². The van der Waals surface area contributed by atoms with Crippen molar-refractivity contribution in [3.8, 4) is 0 Å². The minimum atomic E-state index is -3.45. The van der Waals surface area contributed by atoms with Gasteiger partial charge in [-0.15, -0.1) is 11.3 Å². The van der Waals surface area contributed by atoms with Crippen molar-refractivity contribution >= 4 is 21.4 Å². The van der Waals surface area contributed by atoms with Crippen LogP contribution in [0.5, 0.6) is 0 Å². The van der Waals surface area contributed by atoms with Gasteiger partial charge in [0.15, 0.2) is 5.82 Å². The first kappa shape index (κ1) is 16.1. The number of aromatic nitrogens is 2. The van der Waals surface area contributed by atoms with Crippen molar-refractivity contribution < 1.29 is 12.9 Å². The molecule has 21 heavy (non-hydrogen) atoms. The molecule has 0 unspecified atom stereocenters. The van der Waals surface area contributed by atoms with E-state index in [0.717, 1.165) is 4.88 Å². The highest BCUT2D eigenvalue weighted by atomic mass is 32.2. The van der Waals surface area contributed by atoms with Crippen molar-refractivity contribution in [2.75, 3.05) is 6.54 Å². The summed E-state index contributed by atoms with van der Waals surface area (Å²) in [4.78, 5) is 5.23. The predicted molar refractivity (Wildman–Crippen MR) is 80.9 cm³/mol. The lowest BCUT2D eigenvalue weighted by molar-refractivity contribution is 0.318. The van der Waals surface area contributed by atoms with E-state index >= 15 is 0 Å². The zero-order valence-electron chi connectivity index (χ0n) is 12.5. The highest BCUT2D eigenvalue weighted by molar-refractivity contribution is 7.91. The van der Waals surface area contributed by atoms with Crippen molar-refractivity contribution in [2.45, 2.75) is 43.7 Å². The third kappa shape index (κ3) is 4.12. The second-order valence-electron chi connectivity index (χ2n) is 5.78. The van der Waals surface area contributed by atoms with Crippen molar-refractivity contribution in [3.63, 3.8) is 0 Å². The van der Waals surface area contributed by atoms with Gasteiger partial charge in [-0.2, -0.15) is 4.98 Å². The van der Waals surface area contributed by atoms with Crippen LogP contribution in [0.3, 0.4) is 0 Å². The second kappa shape index (κ2) is 5.86. The average Bonchev–Trinajstić information content (AvgIpc) is 2.97. The Hall–Kier alpha value is -1.25. The van der Waals surface area contributed by atoms with Gasteiger partial charge in [0.2, 0.25) is 15.9 Å². The third-order valence-electron chi connectivity index (χ3n) is 2.73. The first-order valence-corrected chi connectivity index (χ1v) is 8.87. The number of rotatable bonds is 5. The van der Waals surface area contributed by atoms with E-state index in [1.807, 2.05) is 27.7 Å². The maximum absolute atomic E-state index is 12.0. The maximum atomic E-state index is 12.0. The topological polar surface area (TPSA) is 85.1 Å². The largest absolute Gasteiger partial charge is 0.339 e. The normalized spacial score (nSPS) is 12.8. The lowest BCUT2D eigenvalue weighted by Gasteiger charge is -2.10. The Labute approximate surface area is 128 Å². The van der Waals surface area contributed by atoms with Crippen LogP contribution in [-0.2, 0) is 21.9 Å². The molecule has 0 fully saturated rings. The highest BCUT2D eigenvalue weighted by Gasteiger charge is 2.22. The first-order chi connectivity index (χ1) is 9.68. The zero-order chi connectivity index (χ0) is 15.7. The Kier molecular flexibility index (Phi) is 4.50. The van der Waals surface area contributed by atoms with Crippen LogP contribution >= 0.6 is 11.3 Å². The molecule has 0 aromatic carbocycles. The summed E-state index contributed by atoms with van der Waals surface area (Å²) in [5.74, 6) is 1.05. The molecule has 0 saturated carbocycles. The van der Waals surface area contributed by atoms with Gasteiger partial charge >= 0.3 is 0 Å². The van der Waals surface area contributed by atoms with Crippen LogP contribution in [0.25, 0.3) is 0 Å². The van der Waals surface area contributed by atoms with Gasteiger partial charge in [-0.05, 0) is 19.1 Å². The Morgan fingerprint density at radius 2 is 2.05 bits per heavy atom. The van der Waals surface area contributed by atoms with E-state index < -0.39 is 10.0 Å². The van der Waals surface area contributed by atoms with E-state index in [9.17, 15) is 8.42 Å². The molecule has 2 aromatic rings. The van der Waals surface area contributed by atoms with Crippen molar-refractivity contribution in [2.24, 2.45) is 0 Å². The number of nitrogens with zero attached hydrogens (tertiary/aromatic N) is 2. The minimum Gasteiger partial charge on any atom is -0.339 e. The van der Waals surface area contributed by atoms with Gasteiger partial charge in [0.25, 0.3) is 0 Å². The molecule has 0 aliphatic heterocycles. The number of nitrogens with one attached hydrogen (secondary N) is 1. The maximum Gasteiger partial charge on any atom is 0.250 e. The number of hydrogen-bond acceptors (Lipinski definition) is 6. The molecule has 2 rings (SSSR count). The summed E-state index contributed by atoms with van der Waals surface area (Å²) in [6, 6.07) is 3.39. The van der Waals surface area contributed by atoms with E-state index in [0.29, 0.717) is 22.3 Å². The quantitative estimate of drug-likeness (QED) is 0.909. The standard InChI is InChI=1S/C13H19N3O3S2/c1-9-5-6-11(20-9)21(17,18)14-8-7-10-15-12(19-16-10)13(2,3)4/h5-6,14H,7-8H2,1-4H3. The lowest BCUT2D eigenvalue weighted by atomic mass is 9.97. The zero-order valence-corrected chi connectivity index (χ0v) is 14.1. The monoisotopic (exact) mass is 329 g/mol. The minimum absolute atomic E-state index is 0.209. The molecule has 0 atom stereocenters. The Balaban J connectivity index is 1.94. The van der Waals surface area contributed by atoms with Crippen molar-refractivity contribution in [1.29, 1.82) is 0 Å². The van der Waals surface area contributed by atoms with E-state index in [-0.39, 0.29) is 12.0 Å². The summed E-state index contributed by atoms with van der Waals surface area (Å²) in [6.45, 7) is 8.05. The van der Waals surface area contributed by atoms with Gasteiger partial charge in [-0.25, -0.2) is 13.1 Å². The van der Waals surface area contributed by atoms with Gasteiger partial charge in [-0.3, -0.25) is 0 Å². The molecular formula is C13H19N3O3S2. The number of thiophene rings is 1. The van der Waals surface area contributed by atoms with Gasteiger partial charge in [-0.1, -0.05) is 25.9 Å². The molecule has 0 spiro atoms. The molecule has 0 aliphatic rings. The summed E-state index contributed by atoms with van der Waals surface area (Å²) in [5.41, 5.74) is -0.209. The molecule has 0 radical (unpaired) electrons. The molecule has 8 heteroatoms. The second-order valence-corrected chi connectivity index (χ2v) is 9.06. The molecule has 0 saturated heterocycles. The summed E-state index contributed by atoms with van der Waals surface area (Å²) in [6.07, 6.45) is 0.392. The van der Waals surface area contributed by atoms with Gasteiger partial charge in [0.1, 0.15) is 4.21 Å². The summed E-state index contributed by atoms with van der Waals surface area (Å²) in [7, 11) is -3.45. The molecule has 2 heterocycles. The Morgan fingerprint density at radius 3 is 2.57 bits per heavy atom. The molecular weight excluding hydrogens is 310 g/mol. The number of sulfonamides is 1. The summed E-state index contributed by atoms with van der Waals surface area (Å²) in [5, 5.41) is 3.86. The highest BCUT2D eigenvalue weighted by Crippen LogP contribution is 2.21. The van der Waals surface area contributed by atoms with Gasteiger partial charge in [0.05, 0.1) is 0 Å². The van der Waals surface area contributed by atoms with Crippen LogP contribution < -0.4 is 4.72 Å². The average molecular weight is 329 g/mol. The lowest BCUT2D eigenvalue weighted by Crippen LogP contribution is -2.25. The SMILES string of the molecule is Cc1ccc(S(=O)(=O)NCCc2noc(C(C)(C)C)n2)s1. The molecule has 0 amide bonds. The van der Waals surface area contributed by atoms with Crippen LogP contribution in [0, 0.1) is 6.92 Å². The molecule has 116 valence electrons. The van der Waals surface area contributed by atoms with Gasteiger partial charge in [0, 0.05) is 23.3 Å². The van der Waals surface area contributed by atoms with E-state index in [2.05, 4.69) is 14.9 Å². The fourth-order valence-electron chi connectivity index (χ4n) is 1.59.